The van der Waals surface area contributed by atoms with Crippen molar-refractivity contribution in [1.29, 1.82) is 0 Å². The van der Waals surface area contributed by atoms with Crippen molar-refractivity contribution in [2.24, 2.45) is 0 Å². The number of carbonyl (C=O) groups excluding carboxylic acids is 1. The predicted octanol–water partition coefficient (Wildman–Crippen LogP) is 2.56. The fourth-order valence-electron chi connectivity index (χ4n) is 3.85. The Morgan fingerprint density at radius 3 is 2.20 bits per heavy atom. The molecule has 1 atom stereocenters. The van der Waals surface area contributed by atoms with Gasteiger partial charge in [0.25, 0.3) is 0 Å². The van der Waals surface area contributed by atoms with Gasteiger partial charge in [-0.1, -0.05) is 19.1 Å². The van der Waals surface area contributed by atoms with E-state index in [1.165, 1.54) is 24.1 Å². The van der Waals surface area contributed by atoms with Crippen LogP contribution in [-0.4, -0.2) is 73.0 Å². The van der Waals surface area contributed by atoms with E-state index in [0.29, 0.717) is 18.4 Å². The average molecular weight is 347 g/mol. The number of hydrogen-bond donors (Lipinski definition) is 0. The van der Waals surface area contributed by atoms with E-state index >= 15 is 0 Å². The molecule has 2 saturated heterocycles. The molecule has 2 heterocycles. The summed E-state index contributed by atoms with van der Waals surface area (Å²) in [5.74, 6) is 0.512. The van der Waals surface area contributed by atoms with Crippen LogP contribution in [0.5, 0.6) is 0 Å². The number of piperazine rings is 1. The molecule has 0 unspecified atom stereocenters. The van der Waals surface area contributed by atoms with Crippen molar-refractivity contribution in [2.75, 3.05) is 52.4 Å². The third-order valence-corrected chi connectivity index (χ3v) is 5.50. The Bertz CT molecular complexity index is 549. The molecule has 0 bridgehead atoms. The van der Waals surface area contributed by atoms with Crippen molar-refractivity contribution in [1.82, 2.24) is 14.7 Å². The van der Waals surface area contributed by atoms with Crippen LogP contribution in [0.2, 0.25) is 0 Å². The number of halogens is 1. The van der Waals surface area contributed by atoms with Gasteiger partial charge in [-0.05, 0) is 42.9 Å². The summed E-state index contributed by atoms with van der Waals surface area (Å²) in [4.78, 5) is 19.2. The number of carbonyl (C=O) groups is 1. The van der Waals surface area contributed by atoms with E-state index in [4.69, 9.17) is 0 Å². The molecule has 1 aromatic carbocycles. The van der Waals surface area contributed by atoms with Gasteiger partial charge in [0.2, 0.25) is 5.91 Å². The second-order valence-electron chi connectivity index (χ2n) is 7.47. The van der Waals surface area contributed by atoms with Crippen molar-refractivity contribution in [3.63, 3.8) is 0 Å². The van der Waals surface area contributed by atoms with Gasteiger partial charge in [-0.2, -0.15) is 0 Å². The fraction of sp³-hybridized carbons (Fsp3) is 0.650. The summed E-state index contributed by atoms with van der Waals surface area (Å²) in [5, 5.41) is 0. The molecule has 5 heteroatoms. The molecule has 2 aliphatic heterocycles. The van der Waals surface area contributed by atoms with E-state index in [-0.39, 0.29) is 5.82 Å². The lowest BCUT2D eigenvalue weighted by molar-refractivity contribution is -0.133. The van der Waals surface area contributed by atoms with Crippen LogP contribution in [0.15, 0.2) is 24.3 Å². The van der Waals surface area contributed by atoms with Crippen LogP contribution < -0.4 is 0 Å². The third-order valence-electron chi connectivity index (χ3n) is 5.50. The quantitative estimate of drug-likeness (QED) is 0.819. The molecule has 4 nitrogen and oxygen atoms in total. The lowest BCUT2D eigenvalue weighted by Crippen LogP contribution is -2.51. The molecule has 0 aromatic heterocycles. The third kappa shape index (κ3) is 5.25. The minimum absolute atomic E-state index is 0.178. The van der Waals surface area contributed by atoms with Gasteiger partial charge >= 0.3 is 0 Å². The second kappa shape index (κ2) is 8.77. The second-order valence-corrected chi connectivity index (χ2v) is 7.47. The molecule has 0 radical (unpaired) electrons. The van der Waals surface area contributed by atoms with Gasteiger partial charge in [0, 0.05) is 45.8 Å². The maximum absolute atomic E-state index is 13.0. The van der Waals surface area contributed by atoms with Crippen LogP contribution in [0.3, 0.4) is 0 Å². The summed E-state index contributed by atoms with van der Waals surface area (Å²) in [6.45, 7) is 9.53. The first kappa shape index (κ1) is 18.3. The molecule has 138 valence electrons. The molecule has 0 spiro atoms. The Balaban J connectivity index is 1.40. The predicted molar refractivity (Wildman–Crippen MR) is 98.1 cm³/mol. The number of likely N-dealkylation sites (tertiary alicyclic amines) is 1. The molecule has 0 saturated carbocycles. The number of hydrogen-bond acceptors (Lipinski definition) is 3. The molecule has 3 rings (SSSR count). The monoisotopic (exact) mass is 347 g/mol. The zero-order chi connectivity index (χ0) is 17.6. The minimum atomic E-state index is -0.178. The largest absolute Gasteiger partial charge is 0.342 e. The van der Waals surface area contributed by atoms with E-state index in [9.17, 15) is 9.18 Å². The van der Waals surface area contributed by atoms with Crippen molar-refractivity contribution in [3.05, 3.63) is 35.6 Å². The van der Waals surface area contributed by atoms with E-state index < -0.39 is 0 Å². The van der Waals surface area contributed by atoms with Crippen LogP contribution in [0.1, 0.15) is 37.7 Å². The summed E-state index contributed by atoms with van der Waals surface area (Å²) < 4.78 is 13.0. The summed E-state index contributed by atoms with van der Waals surface area (Å²) >= 11 is 0. The first-order valence-corrected chi connectivity index (χ1v) is 9.60. The lowest BCUT2D eigenvalue weighted by atomic mass is 10.0. The Hall–Kier alpha value is -1.46. The zero-order valence-corrected chi connectivity index (χ0v) is 15.3. The van der Waals surface area contributed by atoms with Crippen LogP contribution in [-0.2, 0) is 4.79 Å². The average Bonchev–Trinajstić information content (AvgIpc) is 2.64. The molecule has 0 aliphatic carbocycles. The normalized spacial score (nSPS) is 21.3. The highest BCUT2D eigenvalue weighted by Gasteiger charge is 2.23. The van der Waals surface area contributed by atoms with Crippen LogP contribution in [0.25, 0.3) is 0 Å². The topological polar surface area (TPSA) is 26.8 Å². The highest BCUT2D eigenvalue weighted by molar-refractivity contribution is 5.78. The highest BCUT2D eigenvalue weighted by atomic mass is 19.1. The number of benzene rings is 1. The van der Waals surface area contributed by atoms with E-state index in [0.717, 1.165) is 58.7 Å². The Kier molecular flexibility index (Phi) is 6.43. The van der Waals surface area contributed by atoms with Crippen molar-refractivity contribution < 1.29 is 9.18 Å². The fourth-order valence-corrected chi connectivity index (χ4v) is 3.85. The van der Waals surface area contributed by atoms with Crippen molar-refractivity contribution >= 4 is 5.91 Å². The van der Waals surface area contributed by atoms with Crippen LogP contribution in [0.4, 0.5) is 4.39 Å². The summed E-state index contributed by atoms with van der Waals surface area (Å²) in [7, 11) is 0. The van der Waals surface area contributed by atoms with Crippen LogP contribution in [0, 0.1) is 5.82 Å². The molecule has 1 aromatic rings. The van der Waals surface area contributed by atoms with Gasteiger partial charge in [-0.3, -0.25) is 9.69 Å². The standard InChI is InChI=1S/C20H30FN3O/c1-17(18-5-7-19(21)8-6-18)15-22-11-13-23(14-12-22)16-20(25)24-9-3-2-4-10-24/h5-8,17H,2-4,9-16H2,1H3/t17-/m1/s1. The Morgan fingerprint density at radius 2 is 1.56 bits per heavy atom. The van der Waals surface area contributed by atoms with Gasteiger partial charge in [-0.15, -0.1) is 0 Å². The van der Waals surface area contributed by atoms with E-state index in [2.05, 4.69) is 16.7 Å². The number of rotatable bonds is 5. The van der Waals surface area contributed by atoms with Crippen LogP contribution >= 0.6 is 0 Å². The first-order valence-electron chi connectivity index (χ1n) is 9.60. The molecule has 2 aliphatic rings. The van der Waals surface area contributed by atoms with Gasteiger partial charge in [0.05, 0.1) is 6.54 Å². The lowest BCUT2D eigenvalue weighted by Gasteiger charge is -2.37. The molecular weight excluding hydrogens is 317 g/mol. The van der Waals surface area contributed by atoms with Crippen molar-refractivity contribution in [3.8, 4) is 0 Å². The van der Waals surface area contributed by atoms with Gasteiger partial charge in [-0.25, -0.2) is 4.39 Å². The first-order chi connectivity index (χ1) is 12.1. The highest BCUT2D eigenvalue weighted by Crippen LogP contribution is 2.18. The molecule has 0 N–H and O–H groups in total. The van der Waals surface area contributed by atoms with E-state index in [1.54, 1.807) is 0 Å². The summed E-state index contributed by atoms with van der Waals surface area (Å²) in [6, 6.07) is 6.84. The number of nitrogens with zero attached hydrogens (tertiary/aromatic N) is 3. The molecule has 1 amide bonds. The maximum Gasteiger partial charge on any atom is 0.236 e. The SMILES string of the molecule is C[C@H](CN1CCN(CC(=O)N2CCCCC2)CC1)c1ccc(F)cc1. The number of piperidine rings is 1. The molecular formula is C20H30FN3O. The summed E-state index contributed by atoms with van der Waals surface area (Å²) in [5.41, 5.74) is 1.18. The Morgan fingerprint density at radius 1 is 0.960 bits per heavy atom. The van der Waals surface area contributed by atoms with E-state index in [1.807, 2.05) is 17.0 Å². The smallest absolute Gasteiger partial charge is 0.236 e. The molecule has 25 heavy (non-hydrogen) atoms. The van der Waals surface area contributed by atoms with Gasteiger partial charge in [0.1, 0.15) is 5.82 Å². The Labute approximate surface area is 150 Å². The van der Waals surface area contributed by atoms with Crippen molar-refractivity contribution in [2.45, 2.75) is 32.1 Å². The minimum Gasteiger partial charge on any atom is -0.342 e. The maximum atomic E-state index is 13.0. The summed E-state index contributed by atoms with van der Waals surface area (Å²) in [6.07, 6.45) is 3.57. The van der Waals surface area contributed by atoms with Gasteiger partial charge in [0.15, 0.2) is 0 Å². The number of amides is 1. The molecule has 2 fully saturated rings. The van der Waals surface area contributed by atoms with Gasteiger partial charge < -0.3 is 9.80 Å². The zero-order valence-electron chi connectivity index (χ0n) is 15.3.